The van der Waals surface area contributed by atoms with Gasteiger partial charge in [0, 0.05) is 51.4 Å². The Kier molecular flexibility index (Phi) is 6.42. The highest BCUT2D eigenvalue weighted by Crippen LogP contribution is 2.25. The smallest absolute Gasteiger partial charge is 0.254 e. The van der Waals surface area contributed by atoms with E-state index < -0.39 is 0 Å². The highest BCUT2D eigenvalue weighted by Gasteiger charge is 2.25. The number of nitrogens with zero attached hydrogens (tertiary/aromatic N) is 5. The number of imidazole rings is 1. The summed E-state index contributed by atoms with van der Waals surface area (Å²) >= 11 is 0. The first-order valence-corrected chi connectivity index (χ1v) is 12.2. The van der Waals surface area contributed by atoms with E-state index in [-0.39, 0.29) is 11.9 Å². The summed E-state index contributed by atoms with van der Waals surface area (Å²) in [4.78, 5) is 28.1. The van der Waals surface area contributed by atoms with Crippen molar-refractivity contribution in [3.63, 3.8) is 0 Å². The molecule has 0 bridgehead atoms. The molecule has 3 aromatic rings. The number of hydrogen-bond donors (Lipinski definition) is 1. The molecule has 0 aliphatic carbocycles. The number of pyridine rings is 1. The first-order valence-electron chi connectivity index (χ1n) is 12.2. The molecule has 5 rings (SSSR count). The molecule has 0 spiro atoms. The summed E-state index contributed by atoms with van der Waals surface area (Å²) in [6.45, 7) is 7.84. The van der Waals surface area contributed by atoms with Crippen molar-refractivity contribution in [2.45, 2.75) is 45.2 Å². The number of piperazine rings is 1. The van der Waals surface area contributed by atoms with Crippen molar-refractivity contribution in [3.05, 3.63) is 59.0 Å². The molecule has 1 saturated heterocycles. The van der Waals surface area contributed by atoms with Gasteiger partial charge >= 0.3 is 0 Å². The molecule has 1 unspecified atom stereocenters. The summed E-state index contributed by atoms with van der Waals surface area (Å²) in [5.74, 6) is 0.994. The maximum absolute atomic E-state index is 13.7. The second-order valence-electron chi connectivity index (χ2n) is 9.51. The molecule has 1 amide bonds. The molecule has 7 nitrogen and oxygen atoms in total. The van der Waals surface area contributed by atoms with Gasteiger partial charge in [-0.15, -0.1) is 0 Å². The van der Waals surface area contributed by atoms with E-state index in [1.165, 1.54) is 6.42 Å². The standard InChI is InChI=1S/C26H34N6O/c1-19-17-21(24-25(27-19)32-12-8-4-7-11-23(32)29-24)26(33)28-22(20-9-5-3-6-10-20)18-31-15-13-30(2)14-16-31/h3,5-6,9-10,17,22H,4,7-8,11-16,18H2,1-2H3,(H,28,33). The zero-order valence-electron chi connectivity index (χ0n) is 19.8. The predicted molar refractivity (Wildman–Crippen MR) is 130 cm³/mol. The van der Waals surface area contributed by atoms with Crippen molar-refractivity contribution >= 4 is 17.1 Å². The Bertz CT molecular complexity index is 1120. The van der Waals surface area contributed by atoms with Crippen LogP contribution in [0, 0.1) is 6.92 Å². The van der Waals surface area contributed by atoms with E-state index in [9.17, 15) is 4.79 Å². The lowest BCUT2D eigenvalue weighted by atomic mass is 10.0. The first-order chi connectivity index (χ1) is 16.1. The number of fused-ring (bicyclic) bond motifs is 3. The molecule has 1 aromatic carbocycles. The molecule has 1 atom stereocenters. The van der Waals surface area contributed by atoms with E-state index in [4.69, 9.17) is 9.97 Å². The fraction of sp³-hybridized carbons (Fsp3) is 0.500. The van der Waals surface area contributed by atoms with Gasteiger partial charge < -0.3 is 14.8 Å². The van der Waals surface area contributed by atoms with Crippen LogP contribution in [-0.4, -0.2) is 70.0 Å². The van der Waals surface area contributed by atoms with Gasteiger partial charge in [-0.25, -0.2) is 9.97 Å². The summed E-state index contributed by atoms with van der Waals surface area (Å²) in [5, 5.41) is 3.35. The zero-order valence-corrected chi connectivity index (χ0v) is 19.8. The molecule has 0 radical (unpaired) electrons. The summed E-state index contributed by atoms with van der Waals surface area (Å²) in [6, 6.07) is 12.1. The molecule has 33 heavy (non-hydrogen) atoms. The second-order valence-corrected chi connectivity index (χ2v) is 9.51. The molecule has 0 saturated carbocycles. The lowest BCUT2D eigenvalue weighted by Gasteiger charge is -2.35. The van der Waals surface area contributed by atoms with Gasteiger partial charge in [-0.3, -0.25) is 9.69 Å². The van der Waals surface area contributed by atoms with Crippen LogP contribution in [-0.2, 0) is 13.0 Å². The van der Waals surface area contributed by atoms with Gasteiger partial charge in [-0.1, -0.05) is 36.8 Å². The molecular weight excluding hydrogens is 412 g/mol. The van der Waals surface area contributed by atoms with E-state index in [1.807, 2.05) is 31.2 Å². The second kappa shape index (κ2) is 9.61. The van der Waals surface area contributed by atoms with Crippen LogP contribution >= 0.6 is 0 Å². The summed E-state index contributed by atoms with van der Waals surface area (Å²) < 4.78 is 2.23. The van der Waals surface area contributed by atoms with Gasteiger partial charge in [-0.05, 0) is 38.4 Å². The van der Waals surface area contributed by atoms with Crippen molar-refractivity contribution in [2.24, 2.45) is 0 Å². The summed E-state index contributed by atoms with van der Waals surface area (Å²) in [7, 11) is 2.16. The monoisotopic (exact) mass is 446 g/mol. The molecular formula is C26H34N6O. The van der Waals surface area contributed by atoms with E-state index in [0.29, 0.717) is 5.56 Å². The summed E-state index contributed by atoms with van der Waals surface area (Å²) in [5.41, 5.74) is 4.22. The minimum atomic E-state index is -0.0777. The van der Waals surface area contributed by atoms with Gasteiger partial charge in [-0.2, -0.15) is 0 Å². The van der Waals surface area contributed by atoms with Gasteiger partial charge in [0.05, 0.1) is 11.6 Å². The topological polar surface area (TPSA) is 66.3 Å². The minimum Gasteiger partial charge on any atom is -0.344 e. The Morgan fingerprint density at radius 1 is 1.03 bits per heavy atom. The number of aryl methyl sites for hydroxylation is 3. The van der Waals surface area contributed by atoms with E-state index in [0.717, 1.165) is 86.8 Å². The molecule has 4 heterocycles. The molecule has 1 N–H and O–H groups in total. The van der Waals surface area contributed by atoms with Crippen LogP contribution in [0.5, 0.6) is 0 Å². The highest BCUT2D eigenvalue weighted by molar-refractivity contribution is 6.04. The van der Waals surface area contributed by atoms with E-state index in [1.54, 1.807) is 0 Å². The number of nitrogens with one attached hydrogen (secondary N) is 1. The van der Waals surface area contributed by atoms with Crippen LogP contribution in [0.4, 0.5) is 0 Å². The van der Waals surface area contributed by atoms with Crippen LogP contribution in [0.3, 0.4) is 0 Å². The average molecular weight is 447 g/mol. The normalized spacial score (nSPS) is 18.6. The molecule has 7 heteroatoms. The molecule has 2 aliphatic rings. The average Bonchev–Trinajstić information content (AvgIpc) is 3.00. The number of carbonyl (C=O) groups excluding carboxylic acids is 1. The van der Waals surface area contributed by atoms with E-state index >= 15 is 0 Å². The number of rotatable bonds is 5. The van der Waals surface area contributed by atoms with Crippen LogP contribution in [0.25, 0.3) is 11.2 Å². The fourth-order valence-corrected chi connectivity index (χ4v) is 5.03. The highest BCUT2D eigenvalue weighted by atomic mass is 16.1. The first kappa shape index (κ1) is 22.0. The van der Waals surface area contributed by atoms with Crippen LogP contribution in [0.2, 0.25) is 0 Å². The molecule has 1 fully saturated rings. The van der Waals surface area contributed by atoms with Crippen LogP contribution in [0.1, 0.15) is 52.7 Å². The fourth-order valence-electron chi connectivity index (χ4n) is 5.03. The number of benzene rings is 1. The minimum absolute atomic E-state index is 0.0678. The predicted octanol–water partition coefficient (Wildman–Crippen LogP) is 3.18. The molecule has 2 aromatic heterocycles. The van der Waals surface area contributed by atoms with Crippen LogP contribution < -0.4 is 5.32 Å². The Morgan fingerprint density at radius 3 is 2.61 bits per heavy atom. The number of carbonyl (C=O) groups is 1. The van der Waals surface area contributed by atoms with Crippen molar-refractivity contribution in [2.75, 3.05) is 39.8 Å². The Labute approximate surface area is 195 Å². The number of likely N-dealkylation sites (N-methyl/N-ethyl adjacent to an activating group) is 1. The van der Waals surface area contributed by atoms with Gasteiger partial charge in [0.2, 0.25) is 0 Å². The third-order valence-electron chi connectivity index (χ3n) is 6.98. The third kappa shape index (κ3) is 4.80. The Morgan fingerprint density at radius 2 is 1.82 bits per heavy atom. The number of aromatic nitrogens is 3. The summed E-state index contributed by atoms with van der Waals surface area (Å²) in [6.07, 6.45) is 4.45. The van der Waals surface area contributed by atoms with Crippen molar-refractivity contribution in [3.8, 4) is 0 Å². The lowest BCUT2D eigenvalue weighted by Crippen LogP contribution is -2.47. The number of amides is 1. The van der Waals surface area contributed by atoms with Gasteiger partial charge in [0.15, 0.2) is 5.65 Å². The number of hydrogen-bond acceptors (Lipinski definition) is 5. The van der Waals surface area contributed by atoms with Crippen molar-refractivity contribution in [1.82, 2.24) is 29.7 Å². The maximum Gasteiger partial charge on any atom is 0.254 e. The van der Waals surface area contributed by atoms with Crippen molar-refractivity contribution < 1.29 is 4.79 Å². The molecule has 174 valence electrons. The zero-order chi connectivity index (χ0) is 22.8. The van der Waals surface area contributed by atoms with Crippen LogP contribution in [0.15, 0.2) is 36.4 Å². The Hall–Kier alpha value is -2.77. The Balaban J connectivity index is 1.44. The van der Waals surface area contributed by atoms with Crippen molar-refractivity contribution in [1.29, 1.82) is 0 Å². The lowest BCUT2D eigenvalue weighted by molar-refractivity contribution is 0.0908. The van der Waals surface area contributed by atoms with Gasteiger partial charge in [0.1, 0.15) is 11.3 Å². The van der Waals surface area contributed by atoms with E-state index in [2.05, 4.69) is 38.9 Å². The maximum atomic E-state index is 13.7. The largest absolute Gasteiger partial charge is 0.344 e. The third-order valence-corrected chi connectivity index (χ3v) is 6.98. The molecule has 2 aliphatic heterocycles. The quantitative estimate of drug-likeness (QED) is 0.652. The van der Waals surface area contributed by atoms with Gasteiger partial charge in [0.25, 0.3) is 5.91 Å². The SMILES string of the molecule is Cc1cc(C(=O)NC(CN2CCN(C)CC2)c2ccccc2)c2nc3n(c2n1)CCCCC3.